The first-order valence-corrected chi connectivity index (χ1v) is 10.0. The van der Waals surface area contributed by atoms with Gasteiger partial charge in [-0.05, 0) is 41.8 Å². The van der Waals surface area contributed by atoms with Crippen LogP contribution in [-0.4, -0.2) is 68.3 Å². The first-order chi connectivity index (χ1) is 14.0. The number of fused-ring (bicyclic) bond motifs is 1. The molecule has 1 aromatic carbocycles. The molecule has 0 fully saturated rings. The molecule has 1 aromatic heterocycles. The summed E-state index contributed by atoms with van der Waals surface area (Å²) in [6.07, 6.45) is 3.09. The quantitative estimate of drug-likeness (QED) is 0.571. The molecule has 0 amide bonds. The van der Waals surface area contributed by atoms with Crippen LogP contribution in [0.25, 0.3) is 0 Å². The molecule has 3 rings (SSSR count). The van der Waals surface area contributed by atoms with Gasteiger partial charge in [-0.2, -0.15) is 0 Å². The van der Waals surface area contributed by atoms with Gasteiger partial charge in [-0.25, -0.2) is 0 Å². The second-order valence-electron chi connectivity index (χ2n) is 7.44. The maximum Gasteiger partial charge on any atom is 0.193 e. The highest BCUT2D eigenvalue weighted by atomic mass is 16.5. The zero-order valence-corrected chi connectivity index (χ0v) is 18.2. The van der Waals surface area contributed by atoms with E-state index in [9.17, 15) is 0 Å². The summed E-state index contributed by atoms with van der Waals surface area (Å²) in [5.41, 5.74) is 3.93. The van der Waals surface area contributed by atoms with E-state index in [2.05, 4.69) is 69.2 Å². The molecule has 0 spiro atoms. The summed E-state index contributed by atoms with van der Waals surface area (Å²) in [6.45, 7) is 4.61. The number of aromatic nitrogens is 1. The third-order valence-corrected chi connectivity index (χ3v) is 5.53. The molecule has 29 heavy (non-hydrogen) atoms. The van der Waals surface area contributed by atoms with Crippen molar-refractivity contribution in [1.29, 1.82) is 0 Å². The lowest BCUT2D eigenvalue weighted by atomic mass is 9.99. The van der Waals surface area contributed by atoms with E-state index in [0.717, 1.165) is 56.6 Å². The Kier molecular flexibility index (Phi) is 7.04. The summed E-state index contributed by atoms with van der Waals surface area (Å²) in [5, 5.41) is 3.49. The fourth-order valence-corrected chi connectivity index (χ4v) is 3.82. The number of aryl methyl sites for hydroxylation is 1. The number of guanidine groups is 1. The van der Waals surface area contributed by atoms with Crippen molar-refractivity contribution in [3.63, 3.8) is 0 Å². The first-order valence-electron chi connectivity index (χ1n) is 10.0. The first kappa shape index (κ1) is 21.0. The largest absolute Gasteiger partial charge is 0.493 e. The Balaban J connectivity index is 1.52. The van der Waals surface area contributed by atoms with E-state index in [0.29, 0.717) is 0 Å². The van der Waals surface area contributed by atoms with Gasteiger partial charge in [0.05, 0.1) is 20.8 Å². The van der Waals surface area contributed by atoms with E-state index in [4.69, 9.17) is 9.47 Å². The number of nitrogens with one attached hydrogen (secondary N) is 1. The molecule has 0 aliphatic carbocycles. The average molecular weight is 400 g/mol. The number of rotatable bonds is 7. The van der Waals surface area contributed by atoms with Crippen molar-refractivity contribution in [3.05, 3.63) is 47.3 Å². The Morgan fingerprint density at radius 3 is 2.55 bits per heavy atom. The lowest BCUT2D eigenvalue weighted by Crippen LogP contribution is -2.43. The van der Waals surface area contributed by atoms with Crippen molar-refractivity contribution in [2.24, 2.45) is 12.0 Å². The van der Waals surface area contributed by atoms with E-state index in [1.165, 1.54) is 16.8 Å². The standard InChI is InChI=1S/C22H33N5O2/c1-23-22(26(3)16-19-7-6-10-25(19)2)24-9-12-27-11-8-17-13-20(28-4)21(29-5)14-18(17)15-27/h6-7,10,13-14H,8-9,11-12,15-16H2,1-5H3,(H,23,24). The smallest absolute Gasteiger partial charge is 0.193 e. The van der Waals surface area contributed by atoms with Crippen LogP contribution in [0.15, 0.2) is 35.5 Å². The van der Waals surface area contributed by atoms with Gasteiger partial charge in [0.1, 0.15) is 0 Å². The second kappa shape index (κ2) is 9.69. The number of ether oxygens (including phenoxy) is 2. The topological polar surface area (TPSA) is 54.3 Å². The molecule has 0 radical (unpaired) electrons. The van der Waals surface area contributed by atoms with Gasteiger partial charge in [0.25, 0.3) is 0 Å². The van der Waals surface area contributed by atoms with Crippen molar-refractivity contribution in [2.45, 2.75) is 19.5 Å². The number of hydrogen-bond acceptors (Lipinski definition) is 4. The van der Waals surface area contributed by atoms with Crippen molar-refractivity contribution >= 4 is 5.96 Å². The fourth-order valence-electron chi connectivity index (χ4n) is 3.82. The maximum atomic E-state index is 5.46. The van der Waals surface area contributed by atoms with Crippen molar-refractivity contribution < 1.29 is 9.47 Å². The number of benzene rings is 1. The van der Waals surface area contributed by atoms with E-state index < -0.39 is 0 Å². The summed E-state index contributed by atoms with van der Waals surface area (Å²) in [4.78, 5) is 9.05. The van der Waals surface area contributed by atoms with Crippen LogP contribution >= 0.6 is 0 Å². The molecule has 2 heterocycles. The van der Waals surface area contributed by atoms with E-state index in [1.54, 1.807) is 14.2 Å². The molecular weight excluding hydrogens is 366 g/mol. The van der Waals surface area contributed by atoms with Gasteiger partial charge in [-0.15, -0.1) is 0 Å². The van der Waals surface area contributed by atoms with E-state index >= 15 is 0 Å². The molecule has 1 N–H and O–H groups in total. The molecule has 7 heteroatoms. The zero-order chi connectivity index (χ0) is 20.8. The Bertz CT molecular complexity index is 846. The average Bonchev–Trinajstić information content (AvgIpc) is 3.14. The molecule has 0 bridgehead atoms. The minimum Gasteiger partial charge on any atom is -0.493 e. The monoisotopic (exact) mass is 399 g/mol. The van der Waals surface area contributed by atoms with Crippen LogP contribution in [0.4, 0.5) is 0 Å². The summed E-state index contributed by atoms with van der Waals surface area (Å²) in [6, 6.07) is 8.43. The van der Waals surface area contributed by atoms with Crippen molar-refractivity contribution in [1.82, 2.24) is 19.7 Å². The molecule has 7 nitrogen and oxygen atoms in total. The highest BCUT2D eigenvalue weighted by molar-refractivity contribution is 5.79. The van der Waals surface area contributed by atoms with Gasteiger partial charge < -0.3 is 24.3 Å². The lowest BCUT2D eigenvalue weighted by molar-refractivity contribution is 0.255. The summed E-state index contributed by atoms with van der Waals surface area (Å²) in [7, 11) is 9.34. The number of nitrogens with zero attached hydrogens (tertiary/aromatic N) is 4. The van der Waals surface area contributed by atoms with Gasteiger partial charge in [-0.3, -0.25) is 9.89 Å². The molecule has 0 unspecified atom stereocenters. The van der Waals surface area contributed by atoms with Crippen molar-refractivity contribution in [2.75, 3.05) is 47.9 Å². The summed E-state index contributed by atoms with van der Waals surface area (Å²) >= 11 is 0. The fraction of sp³-hybridized carbons (Fsp3) is 0.500. The number of methoxy groups -OCH3 is 2. The molecule has 1 aliphatic heterocycles. The van der Waals surface area contributed by atoms with Crippen LogP contribution in [0.3, 0.4) is 0 Å². The molecule has 1 aliphatic rings. The van der Waals surface area contributed by atoms with Gasteiger partial charge in [0.2, 0.25) is 0 Å². The maximum absolute atomic E-state index is 5.46. The highest BCUT2D eigenvalue weighted by Gasteiger charge is 2.19. The van der Waals surface area contributed by atoms with E-state index in [1.807, 2.05) is 7.05 Å². The predicted molar refractivity (Wildman–Crippen MR) is 117 cm³/mol. The van der Waals surface area contributed by atoms with Gasteiger partial charge >= 0.3 is 0 Å². The van der Waals surface area contributed by atoms with Crippen LogP contribution in [0, 0.1) is 0 Å². The Morgan fingerprint density at radius 1 is 1.21 bits per heavy atom. The van der Waals surface area contributed by atoms with Gasteiger partial charge in [0.15, 0.2) is 17.5 Å². The van der Waals surface area contributed by atoms with Crippen molar-refractivity contribution in [3.8, 4) is 11.5 Å². The zero-order valence-electron chi connectivity index (χ0n) is 18.2. The van der Waals surface area contributed by atoms with Gasteiger partial charge in [-0.1, -0.05) is 0 Å². The van der Waals surface area contributed by atoms with Crippen LogP contribution in [0.5, 0.6) is 11.5 Å². The lowest BCUT2D eigenvalue weighted by Gasteiger charge is -2.30. The van der Waals surface area contributed by atoms with Crippen LogP contribution < -0.4 is 14.8 Å². The third kappa shape index (κ3) is 5.03. The number of aliphatic imine (C=N–C) groups is 1. The van der Waals surface area contributed by atoms with E-state index in [-0.39, 0.29) is 0 Å². The Hall–Kier alpha value is -2.67. The molecule has 2 aromatic rings. The summed E-state index contributed by atoms with van der Waals surface area (Å²) < 4.78 is 13.0. The molecule has 0 saturated heterocycles. The summed E-state index contributed by atoms with van der Waals surface area (Å²) in [5.74, 6) is 2.52. The predicted octanol–water partition coefficient (Wildman–Crippen LogP) is 2.11. The normalized spacial score (nSPS) is 14.4. The molecule has 158 valence electrons. The van der Waals surface area contributed by atoms with Crippen LogP contribution in [0.1, 0.15) is 16.8 Å². The van der Waals surface area contributed by atoms with Gasteiger partial charge in [0, 0.05) is 59.2 Å². The minimum atomic E-state index is 0.800. The van der Waals surface area contributed by atoms with Crippen LogP contribution in [-0.2, 0) is 26.6 Å². The number of hydrogen-bond donors (Lipinski definition) is 1. The third-order valence-electron chi connectivity index (χ3n) is 5.53. The Morgan fingerprint density at radius 2 is 1.93 bits per heavy atom. The van der Waals surface area contributed by atoms with Crippen LogP contribution in [0.2, 0.25) is 0 Å². The highest BCUT2D eigenvalue weighted by Crippen LogP contribution is 2.33. The molecule has 0 saturated carbocycles. The minimum absolute atomic E-state index is 0.800. The molecular formula is C22H33N5O2. The molecule has 0 atom stereocenters. The Labute approximate surface area is 173 Å². The second-order valence-corrected chi connectivity index (χ2v) is 7.44. The SMILES string of the molecule is CN=C(NCCN1CCc2cc(OC)c(OC)cc2C1)N(C)Cc1cccn1C.